The molecule has 0 bridgehead atoms. The Morgan fingerprint density at radius 2 is 2.35 bits per heavy atom. The summed E-state index contributed by atoms with van der Waals surface area (Å²) in [6.07, 6.45) is 8.22. The van der Waals surface area contributed by atoms with E-state index in [1.165, 1.54) is 12.8 Å². The molecule has 0 aliphatic carbocycles. The number of fused-ring (bicyclic) bond motifs is 1. The van der Waals surface area contributed by atoms with Crippen molar-refractivity contribution in [3.05, 3.63) is 18.6 Å². The van der Waals surface area contributed by atoms with Crippen LogP contribution in [-0.2, 0) is 0 Å². The fourth-order valence-electron chi connectivity index (χ4n) is 2.48. The molecule has 3 rings (SSSR count). The molecule has 2 aromatic rings. The van der Waals surface area contributed by atoms with Gasteiger partial charge in [0.2, 0.25) is 0 Å². The number of nitrogens with one attached hydrogen (secondary N) is 1. The van der Waals surface area contributed by atoms with Crippen molar-refractivity contribution in [1.82, 2.24) is 14.4 Å². The van der Waals surface area contributed by atoms with Gasteiger partial charge in [0, 0.05) is 32.0 Å². The Hall–Kier alpha value is -1.78. The van der Waals surface area contributed by atoms with Crippen molar-refractivity contribution in [2.75, 3.05) is 23.8 Å². The first-order valence-corrected chi connectivity index (χ1v) is 6.07. The second kappa shape index (κ2) is 3.91. The average Bonchev–Trinajstić information content (AvgIpc) is 2.95. The second-order valence-electron chi connectivity index (χ2n) is 4.54. The third kappa shape index (κ3) is 1.62. The molecule has 1 atom stereocenters. The van der Waals surface area contributed by atoms with Crippen LogP contribution in [0, 0.1) is 0 Å². The Balaban J connectivity index is 2.15. The lowest BCUT2D eigenvalue weighted by molar-refractivity contribution is 0.727. The third-order valence-corrected chi connectivity index (χ3v) is 3.44. The average molecular weight is 231 g/mol. The smallest absolute Gasteiger partial charge is 0.180 e. The first kappa shape index (κ1) is 10.4. The van der Waals surface area contributed by atoms with Crippen molar-refractivity contribution < 1.29 is 0 Å². The van der Waals surface area contributed by atoms with E-state index in [1.807, 2.05) is 30.0 Å². The van der Waals surface area contributed by atoms with Crippen molar-refractivity contribution in [1.29, 1.82) is 0 Å². The lowest BCUT2D eigenvalue weighted by Gasteiger charge is -2.23. The Labute approximate surface area is 100 Å². The lowest BCUT2D eigenvalue weighted by atomic mass is 10.2. The molecule has 0 radical (unpaired) electrons. The Kier molecular flexibility index (Phi) is 2.39. The van der Waals surface area contributed by atoms with E-state index in [2.05, 4.69) is 27.1 Å². The largest absolute Gasteiger partial charge is 0.372 e. The molecule has 1 aliphatic heterocycles. The summed E-state index contributed by atoms with van der Waals surface area (Å²) in [6, 6.07) is 0.551. The van der Waals surface area contributed by atoms with Crippen LogP contribution in [0.4, 0.5) is 11.6 Å². The Morgan fingerprint density at radius 1 is 1.47 bits per heavy atom. The Bertz CT molecular complexity index is 533. The molecule has 0 aromatic carbocycles. The normalized spacial score (nSPS) is 20.1. The van der Waals surface area contributed by atoms with E-state index >= 15 is 0 Å². The summed E-state index contributed by atoms with van der Waals surface area (Å²) in [5.74, 6) is 1.87. The van der Waals surface area contributed by atoms with Crippen LogP contribution in [0.15, 0.2) is 18.6 Å². The predicted molar refractivity (Wildman–Crippen MR) is 68.6 cm³/mol. The van der Waals surface area contributed by atoms with E-state index in [4.69, 9.17) is 0 Å². The van der Waals surface area contributed by atoms with E-state index in [0.717, 1.165) is 23.8 Å². The van der Waals surface area contributed by atoms with Crippen molar-refractivity contribution in [3.63, 3.8) is 0 Å². The van der Waals surface area contributed by atoms with Gasteiger partial charge in [-0.2, -0.15) is 0 Å². The molecule has 1 saturated heterocycles. The standard InChI is InChI=1S/C12H17N5/c1-9-4-3-6-17(9)12-11-14-5-7-16(11)8-10(13-2)15-12/h5,7-9,13H,3-4,6H2,1-2H3. The molecule has 3 heterocycles. The topological polar surface area (TPSA) is 45.5 Å². The predicted octanol–water partition coefficient (Wildman–Crippen LogP) is 1.76. The van der Waals surface area contributed by atoms with Gasteiger partial charge in [-0.25, -0.2) is 9.97 Å². The molecule has 2 aromatic heterocycles. The summed E-state index contributed by atoms with van der Waals surface area (Å²) in [5.41, 5.74) is 0.942. The summed E-state index contributed by atoms with van der Waals surface area (Å²) in [7, 11) is 1.89. The van der Waals surface area contributed by atoms with Gasteiger partial charge in [-0.1, -0.05) is 0 Å². The minimum Gasteiger partial charge on any atom is -0.372 e. The van der Waals surface area contributed by atoms with Crippen molar-refractivity contribution in [2.24, 2.45) is 0 Å². The van der Waals surface area contributed by atoms with Gasteiger partial charge in [-0.05, 0) is 19.8 Å². The number of rotatable bonds is 2. The molecule has 0 spiro atoms. The Morgan fingerprint density at radius 3 is 3.06 bits per heavy atom. The summed E-state index contributed by atoms with van der Waals surface area (Å²) >= 11 is 0. The number of aromatic nitrogens is 3. The third-order valence-electron chi connectivity index (χ3n) is 3.44. The van der Waals surface area contributed by atoms with Crippen LogP contribution in [0.25, 0.3) is 5.65 Å². The minimum absolute atomic E-state index is 0.551. The van der Waals surface area contributed by atoms with E-state index < -0.39 is 0 Å². The molecule has 5 nitrogen and oxygen atoms in total. The zero-order valence-corrected chi connectivity index (χ0v) is 10.2. The van der Waals surface area contributed by atoms with Gasteiger partial charge in [0.15, 0.2) is 11.5 Å². The number of hydrogen-bond acceptors (Lipinski definition) is 4. The van der Waals surface area contributed by atoms with Gasteiger partial charge in [0.05, 0.1) is 6.20 Å². The zero-order chi connectivity index (χ0) is 11.8. The van der Waals surface area contributed by atoms with E-state index in [9.17, 15) is 0 Å². The quantitative estimate of drug-likeness (QED) is 0.855. The minimum atomic E-state index is 0.551. The zero-order valence-electron chi connectivity index (χ0n) is 10.2. The van der Waals surface area contributed by atoms with Gasteiger partial charge in [-0.15, -0.1) is 0 Å². The van der Waals surface area contributed by atoms with E-state index in [-0.39, 0.29) is 0 Å². The fourth-order valence-corrected chi connectivity index (χ4v) is 2.48. The van der Waals surface area contributed by atoms with Crippen LogP contribution in [-0.4, -0.2) is 34.0 Å². The molecular formula is C12H17N5. The highest BCUT2D eigenvalue weighted by molar-refractivity contribution is 5.67. The molecule has 1 N–H and O–H groups in total. The van der Waals surface area contributed by atoms with Crippen LogP contribution in [0.1, 0.15) is 19.8 Å². The fraction of sp³-hybridized carbons (Fsp3) is 0.500. The SMILES string of the molecule is CNc1cn2ccnc2c(N2CCCC2C)n1. The van der Waals surface area contributed by atoms with Gasteiger partial charge < -0.3 is 14.6 Å². The monoisotopic (exact) mass is 231 g/mol. The maximum atomic E-state index is 4.66. The van der Waals surface area contributed by atoms with Crippen LogP contribution >= 0.6 is 0 Å². The maximum Gasteiger partial charge on any atom is 0.180 e. The van der Waals surface area contributed by atoms with E-state index in [0.29, 0.717) is 6.04 Å². The van der Waals surface area contributed by atoms with E-state index in [1.54, 1.807) is 0 Å². The molecule has 0 saturated carbocycles. The van der Waals surface area contributed by atoms with Crippen molar-refractivity contribution >= 4 is 17.3 Å². The summed E-state index contributed by atoms with van der Waals surface area (Å²) < 4.78 is 2.03. The molecule has 0 amide bonds. The van der Waals surface area contributed by atoms with Crippen LogP contribution in [0.5, 0.6) is 0 Å². The van der Waals surface area contributed by atoms with Crippen LogP contribution in [0.3, 0.4) is 0 Å². The molecule has 1 fully saturated rings. The molecule has 1 unspecified atom stereocenters. The molecule has 5 heteroatoms. The molecule has 1 aliphatic rings. The van der Waals surface area contributed by atoms with Gasteiger partial charge in [-0.3, -0.25) is 0 Å². The lowest BCUT2D eigenvalue weighted by Crippen LogP contribution is -2.28. The van der Waals surface area contributed by atoms with Gasteiger partial charge >= 0.3 is 0 Å². The first-order chi connectivity index (χ1) is 8.29. The highest BCUT2D eigenvalue weighted by Crippen LogP contribution is 2.27. The van der Waals surface area contributed by atoms with Crippen LogP contribution in [0.2, 0.25) is 0 Å². The number of nitrogens with zero attached hydrogens (tertiary/aromatic N) is 4. The van der Waals surface area contributed by atoms with Crippen molar-refractivity contribution in [2.45, 2.75) is 25.8 Å². The van der Waals surface area contributed by atoms with Crippen molar-refractivity contribution in [3.8, 4) is 0 Å². The summed E-state index contributed by atoms with van der Waals surface area (Å²) in [5, 5.41) is 3.10. The molecule has 90 valence electrons. The highest BCUT2D eigenvalue weighted by Gasteiger charge is 2.24. The van der Waals surface area contributed by atoms with Crippen LogP contribution < -0.4 is 10.2 Å². The second-order valence-corrected chi connectivity index (χ2v) is 4.54. The van der Waals surface area contributed by atoms with Gasteiger partial charge in [0.25, 0.3) is 0 Å². The summed E-state index contributed by atoms with van der Waals surface area (Å²) in [6.45, 7) is 3.32. The van der Waals surface area contributed by atoms with Gasteiger partial charge in [0.1, 0.15) is 5.82 Å². The number of anilines is 2. The number of imidazole rings is 1. The number of hydrogen-bond donors (Lipinski definition) is 1. The molecule has 17 heavy (non-hydrogen) atoms. The molecular weight excluding hydrogens is 214 g/mol. The highest BCUT2D eigenvalue weighted by atomic mass is 15.3. The summed E-state index contributed by atoms with van der Waals surface area (Å²) in [4.78, 5) is 11.4. The maximum absolute atomic E-state index is 4.66. The first-order valence-electron chi connectivity index (χ1n) is 6.07.